The molecule has 0 spiro atoms. The zero-order chi connectivity index (χ0) is 38.3. The van der Waals surface area contributed by atoms with Crippen molar-refractivity contribution in [2.45, 2.75) is 63.3 Å². The van der Waals surface area contributed by atoms with E-state index in [0.717, 1.165) is 6.07 Å². The maximum atomic E-state index is 10.3. The van der Waals surface area contributed by atoms with E-state index in [-0.39, 0.29) is 10.8 Å². The molecule has 0 amide bonds. The summed E-state index contributed by atoms with van der Waals surface area (Å²) >= 11 is 0. The number of rotatable bonds is 1. The molecule has 5 unspecified atom stereocenters. The molecule has 0 aliphatic heterocycles. The normalized spacial score (nSPS) is 71.1. The van der Waals surface area contributed by atoms with Gasteiger partial charge < -0.3 is 0 Å². The summed E-state index contributed by atoms with van der Waals surface area (Å²) in [6, 6.07) is 13.1. The van der Waals surface area contributed by atoms with E-state index in [2.05, 4.69) is 0 Å². The van der Waals surface area contributed by atoms with Crippen molar-refractivity contribution in [1.82, 2.24) is 0 Å². The highest BCUT2D eigenvalue weighted by atomic mass is 14.5. The Kier molecular flexibility index (Phi) is 1.45. The molecule has 0 bridgehead atoms. The Morgan fingerprint density at radius 1 is 0.679 bits per heavy atom. The molecule has 5 atom stereocenters. The van der Waals surface area contributed by atoms with Gasteiger partial charge in [0.05, 0.1) is 0 Å². The predicted octanol–water partition coefficient (Wildman–Crippen LogP) is 8.09. The molecule has 3 aromatic carbocycles. The average Bonchev–Trinajstić information content (AvgIpc) is 3.00. The number of fused-ring (bicyclic) bond motifs is 5. The molecule has 3 fully saturated rings. The molecule has 0 heteroatoms. The Labute approximate surface area is 200 Å². The van der Waals surface area contributed by atoms with Gasteiger partial charge in [0.1, 0.15) is 0 Å². The van der Waals surface area contributed by atoms with Crippen LogP contribution in [0, 0.1) is 23.6 Å². The van der Waals surface area contributed by atoms with Crippen LogP contribution in [0.2, 0.25) is 0 Å². The van der Waals surface area contributed by atoms with Crippen LogP contribution >= 0.6 is 0 Å². The molecule has 3 saturated carbocycles. The molecule has 0 radical (unpaired) electrons. The van der Waals surface area contributed by atoms with Gasteiger partial charge in [0.25, 0.3) is 0 Å². The van der Waals surface area contributed by atoms with Gasteiger partial charge in [-0.3, -0.25) is 0 Å². The first-order valence-electron chi connectivity index (χ1n) is 20.1. The van der Waals surface area contributed by atoms with Crippen molar-refractivity contribution in [2.75, 3.05) is 0 Å². The first-order chi connectivity index (χ1) is 22.2. The average molecular weight is 391 g/mol. The summed E-state index contributed by atoms with van der Waals surface area (Å²) in [5.41, 5.74) is -0.750. The number of hydrogen-bond donors (Lipinski definition) is 0. The van der Waals surface area contributed by atoms with Gasteiger partial charge in [0.15, 0.2) is 0 Å². The highest BCUT2D eigenvalue weighted by molar-refractivity contribution is 6.08. The summed E-state index contributed by atoms with van der Waals surface area (Å²) < 4.78 is 199. The maximum Gasteiger partial charge on any atom is 0.0358 e. The standard InChI is InChI=1S/C28H32/c1-4-11-22-19(8-1)16-17-26-25(22)14-7-15-27(26)28-23-12-5-2-9-20(23)18-21-10-3-6-13-24(21)28/h1,4,7-8,11,14-17,20-21,23-24,28H,2-3,5-6,9-10,12-13,18H2/i2D2,3D2,5D2,6D2,9D2,10D2,12D2,13D2,18D2,20D,21D,23D,28D. The molecule has 144 valence electrons. The summed E-state index contributed by atoms with van der Waals surface area (Å²) in [7, 11) is 0. The van der Waals surface area contributed by atoms with Crippen molar-refractivity contribution in [3.8, 4) is 0 Å². The van der Waals surface area contributed by atoms with Crippen LogP contribution in [-0.2, 0) is 0 Å². The molecular formula is C28H32. The Hall–Kier alpha value is -1.82. The highest BCUT2D eigenvalue weighted by Gasteiger charge is 2.46. The lowest BCUT2D eigenvalue weighted by Crippen LogP contribution is -2.41. The summed E-state index contributed by atoms with van der Waals surface area (Å²) in [5, 5.41) is 1.11. The van der Waals surface area contributed by atoms with E-state index in [4.69, 9.17) is 21.9 Å². The largest absolute Gasteiger partial charge is 0.0616 e. The summed E-state index contributed by atoms with van der Waals surface area (Å²) in [5.74, 6) is -20.5. The topological polar surface area (TPSA) is 0 Å². The molecule has 3 aliphatic carbocycles. The van der Waals surface area contributed by atoms with Crippen LogP contribution in [0.4, 0.5) is 0 Å². The van der Waals surface area contributed by atoms with Gasteiger partial charge in [-0.05, 0) is 75.7 Å². The molecule has 0 N–H and O–H groups in total. The van der Waals surface area contributed by atoms with E-state index in [9.17, 15) is 8.22 Å². The zero-order valence-corrected chi connectivity index (χ0v) is 14.8. The van der Waals surface area contributed by atoms with Crippen molar-refractivity contribution >= 4 is 21.5 Å². The lowest BCUT2D eigenvalue weighted by atomic mass is 9.53. The molecule has 3 aliphatic rings. The lowest BCUT2D eigenvalue weighted by Gasteiger charge is -2.52. The van der Waals surface area contributed by atoms with Crippen molar-refractivity contribution in [2.24, 2.45) is 23.6 Å². The fourth-order valence-electron chi connectivity index (χ4n) is 4.12. The van der Waals surface area contributed by atoms with E-state index in [0.29, 0.717) is 10.8 Å². The van der Waals surface area contributed by atoms with Crippen LogP contribution in [-0.4, -0.2) is 0 Å². The molecule has 0 aromatic heterocycles. The third kappa shape index (κ3) is 2.64. The maximum absolute atomic E-state index is 10.3. The van der Waals surface area contributed by atoms with Crippen LogP contribution in [0.15, 0.2) is 54.6 Å². The Morgan fingerprint density at radius 3 is 2.43 bits per heavy atom. The number of hydrogen-bond acceptors (Lipinski definition) is 0. The summed E-state index contributed by atoms with van der Waals surface area (Å²) in [4.78, 5) is 0. The van der Waals surface area contributed by atoms with Crippen molar-refractivity contribution in [1.29, 1.82) is 0 Å². The molecular weight excluding hydrogens is 336 g/mol. The molecule has 0 saturated heterocycles. The third-order valence-corrected chi connectivity index (χ3v) is 5.35. The summed E-state index contributed by atoms with van der Waals surface area (Å²) in [6.07, 6.45) is -38.5. The monoisotopic (exact) mass is 390 g/mol. The van der Waals surface area contributed by atoms with Gasteiger partial charge in [-0.15, -0.1) is 0 Å². The first-order valence-corrected chi connectivity index (χ1v) is 9.10. The number of benzene rings is 3. The van der Waals surface area contributed by atoms with Crippen LogP contribution in [0.1, 0.15) is 99.0 Å². The molecule has 3 aromatic rings. The second-order valence-electron chi connectivity index (χ2n) is 6.84. The fourth-order valence-corrected chi connectivity index (χ4v) is 4.12. The van der Waals surface area contributed by atoms with Crippen molar-refractivity contribution < 1.29 is 30.2 Å². The molecule has 6 rings (SSSR count). The van der Waals surface area contributed by atoms with Gasteiger partial charge in [-0.1, -0.05) is 92.8 Å². The van der Waals surface area contributed by atoms with Crippen LogP contribution in [0.3, 0.4) is 0 Å². The van der Waals surface area contributed by atoms with Crippen molar-refractivity contribution in [3.63, 3.8) is 0 Å². The molecule has 28 heavy (non-hydrogen) atoms. The van der Waals surface area contributed by atoms with Crippen molar-refractivity contribution in [3.05, 3.63) is 60.2 Å². The Bertz CT molecular complexity index is 1950. The Balaban J connectivity index is 1.97. The first kappa shape index (κ1) is 5.87. The van der Waals surface area contributed by atoms with Crippen LogP contribution in [0.25, 0.3) is 21.5 Å². The lowest BCUT2D eigenvalue weighted by molar-refractivity contribution is 0.0269. The van der Waals surface area contributed by atoms with Crippen LogP contribution < -0.4 is 0 Å². The second kappa shape index (κ2) is 6.90. The van der Waals surface area contributed by atoms with E-state index in [1.54, 1.807) is 24.3 Å². The minimum Gasteiger partial charge on any atom is -0.0616 e. The van der Waals surface area contributed by atoms with E-state index in [1.165, 1.54) is 24.3 Å². The van der Waals surface area contributed by atoms with E-state index >= 15 is 0 Å². The van der Waals surface area contributed by atoms with Crippen LogP contribution in [0.5, 0.6) is 0 Å². The van der Waals surface area contributed by atoms with Gasteiger partial charge in [0, 0.05) is 30.2 Å². The minimum atomic E-state index is -4.56. The molecule has 0 nitrogen and oxygen atoms in total. The van der Waals surface area contributed by atoms with E-state index < -0.39 is 92.4 Å². The zero-order valence-electron chi connectivity index (χ0n) is 36.8. The van der Waals surface area contributed by atoms with E-state index in [1.807, 2.05) is 0 Å². The predicted molar refractivity (Wildman–Crippen MR) is 120 cm³/mol. The fraction of sp³-hybridized carbons (Fsp3) is 0.500. The summed E-state index contributed by atoms with van der Waals surface area (Å²) in [6.45, 7) is 0. The minimum absolute atomic E-state index is 0.156. The second-order valence-corrected chi connectivity index (χ2v) is 6.84. The van der Waals surface area contributed by atoms with Gasteiger partial charge in [-0.25, -0.2) is 0 Å². The molecule has 0 heterocycles. The quantitative estimate of drug-likeness (QED) is 0.368. The van der Waals surface area contributed by atoms with Gasteiger partial charge >= 0.3 is 0 Å². The van der Waals surface area contributed by atoms with Gasteiger partial charge in [-0.2, -0.15) is 0 Å². The smallest absolute Gasteiger partial charge is 0.0358 e. The Morgan fingerprint density at radius 2 is 1.46 bits per heavy atom. The van der Waals surface area contributed by atoms with Gasteiger partial charge in [0.2, 0.25) is 0 Å². The SMILES string of the molecule is [2H]C1([2H])C2C([2H])(c3cccc4c3ccc3ccccc34)C3([2H])C([2H])([2H])C([2H])([2H])C([2H])([2H])C([2H])([2H])C3([2H])C([2H])([2H])C2([2H])C([2H])([2H])C([2H])([2H])C1([2H])[2H]. The highest BCUT2D eigenvalue weighted by Crippen LogP contribution is 2.57. The third-order valence-electron chi connectivity index (χ3n) is 5.35.